The van der Waals surface area contributed by atoms with Crippen molar-refractivity contribution in [2.75, 3.05) is 0 Å². The normalized spacial score (nSPS) is 49.4. The van der Waals surface area contributed by atoms with E-state index in [-0.39, 0.29) is 6.10 Å². The van der Waals surface area contributed by atoms with Crippen molar-refractivity contribution in [3.8, 4) is 0 Å². The van der Waals surface area contributed by atoms with Gasteiger partial charge in [0.05, 0.1) is 6.10 Å². The predicted octanol–water partition coefficient (Wildman–Crippen LogP) is 7.47. The van der Waals surface area contributed by atoms with Crippen molar-refractivity contribution in [1.82, 2.24) is 0 Å². The Morgan fingerprint density at radius 2 is 1.54 bits per heavy atom. The topological polar surface area (TPSA) is 20.2 Å². The van der Waals surface area contributed by atoms with Gasteiger partial charge in [-0.2, -0.15) is 0 Å². The van der Waals surface area contributed by atoms with Crippen LogP contribution in [0.5, 0.6) is 0 Å². The minimum Gasteiger partial charge on any atom is -0.393 e. The molecule has 0 aromatic carbocycles. The maximum atomic E-state index is 10.3. The summed E-state index contributed by atoms with van der Waals surface area (Å²) in [6, 6.07) is 0. The lowest BCUT2D eigenvalue weighted by atomic mass is 9.44. The molecule has 4 saturated carbocycles. The van der Waals surface area contributed by atoms with Crippen molar-refractivity contribution in [3.63, 3.8) is 0 Å². The van der Waals surface area contributed by atoms with Crippen LogP contribution in [0.2, 0.25) is 0 Å². The zero-order valence-electron chi connectivity index (χ0n) is 19.6. The number of rotatable bonds is 5. The molecular formula is C27H48O. The molecule has 0 amide bonds. The van der Waals surface area contributed by atoms with E-state index < -0.39 is 0 Å². The summed E-state index contributed by atoms with van der Waals surface area (Å²) < 4.78 is 0. The largest absolute Gasteiger partial charge is 0.393 e. The van der Waals surface area contributed by atoms with E-state index in [1.807, 2.05) is 0 Å². The quantitative estimate of drug-likeness (QED) is 0.518. The van der Waals surface area contributed by atoms with Crippen LogP contribution in [-0.4, -0.2) is 11.2 Å². The van der Waals surface area contributed by atoms with Crippen LogP contribution in [0.4, 0.5) is 0 Å². The molecule has 0 bridgehead atoms. The minimum atomic E-state index is -0.00830. The second kappa shape index (κ2) is 7.90. The fourth-order valence-corrected chi connectivity index (χ4v) is 9.26. The van der Waals surface area contributed by atoms with E-state index in [0.717, 1.165) is 54.3 Å². The molecule has 0 heterocycles. The van der Waals surface area contributed by atoms with Gasteiger partial charge in [-0.05, 0) is 110 Å². The number of fused-ring (bicyclic) bond motifs is 5. The Morgan fingerprint density at radius 3 is 2.29 bits per heavy atom. The molecule has 9 atom stereocenters. The molecule has 0 radical (unpaired) electrons. The molecule has 0 saturated heterocycles. The van der Waals surface area contributed by atoms with E-state index in [1.54, 1.807) is 0 Å². The van der Waals surface area contributed by atoms with Crippen molar-refractivity contribution in [2.45, 2.75) is 118 Å². The van der Waals surface area contributed by atoms with Gasteiger partial charge in [0.15, 0.2) is 0 Å². The van der Waals surface area contributed by atoms with Crippen molar-refractivity contribution in [3.05, 3.63) is 0 Å². The Balaban J connectivity index is 1.46. The Kier molecular flexibility index (Phi) is 5.98. The molecule has 162 valence electrons. The van der Waals surface area contributed by atoms with Crippen LogP contribution in [0.1, 0.15) is 112 Å². The maximum absolute atomic E-state index is 10.3. The molecule has 1 heteroatoms. The van der Waals surface area contributed by atoms with Gasteiger partial charge in [-0.1, -0.05) is 53.9 Å². The van der Waals surface area contributed by atoms with Crippen LogP contribution in [-0.2, 0) is 0 Å². The summed E-state index contributed by atoms with van der Waals surface area (Å²) in [6.07, 6.45) is 16.6. The third kappa shape index (κ3) is 3.50. The zero-order chi connectivity index (χ0) is 20.1. The highest BCUT2D eigenvalue weighted by Gasteiger charge is 2.60. The third-order valence-electron chi connectivity index (χ3n) is 10.8. The van der Waals surface area contributed by atoms with Gasteiger partial charge in [0.25, 0.3) is 0 Å². The van der Waals surface area contributed by atoms with Gasteiger partial charge < -0.3 is 5.11 Å². The van der Waals surface area contributed by atoms with Crippen LogP contribution >= 0.6 is 0 Å². The highest BCUT2D eigenvalue weighted by atomic mass is 16.3. The SMILES string of the molecule is CC(C)CCCC(C)[C@H]1CC[C@H]2[C@@H]3CC[C@@H]4C[C@H](O)CC[C@]4(C)[C@H]3CC[C@]12C. The molecule has 0 aliphatic heterocycles. The molecule has 1 unspecified atom stereocenters. The Hall–Kier alpha value is -0.0400. The Morgan fingerprint density at radius 1 is 0.821 bits per heavy atom. The molecule has 0 spiro atoms. The first kappa shape index (κ1) is 21.2. The molecule has 4 aliphatic rings. The second-order valence-corrected chi connectivity index (χ2v) is 12.6. The van der Waals surface area contributed by atoms with E-state index >= 15 is 0 Å². The average molecular weight is 389 g/mol. The molecular weight excluding hydrogens is 340 g/mol. The standard InChI is InChI=1S/C27H48O/c1-18(2)7-6-8-19(3)23-11-12-24-22-10-9-20-17-21(28)13-15-26(20,4)25(22)14-16-27(23,24)5/h18-25,28H,6-17H2,1-5H3/t19?,20-,21-,22+,23-,24+,25+,26+,27-/m1/s1. The molecule has 4 rings (SSSR count). The summed E-state index contributed by atoms with van der Waals surface area (Å²) in [4.78, 5) is 0. The molecule has 4 aliphatic carbocycles. The average Bonchev–Trinajstić information content (AvgIpc) is 2.99. The van der Waals surface area contributed by atoms with Crippen molar-refractivity contribution < 1.29 is 5.11 Å². The first-order chi connectivity index (χ1) is 13.3. The zero-order valence-corrected chi connectivity index (χ0v) is 19.6. The van der Waals surface area contributed by atoms with Crippen LogP contribution in [0.15, 0.2) is 0 Å². The molecule has 0 aromatic heterocycles. The molecule has 1 N–H and O–H groups in total. The van der Waals surface area contributed by atoms with Crippen LogP contribution < -0.4 is 0 Å². The smallest absolute Gasteiger partial charge is 0.0543 e. The maximum Gasteiger partial charge on any atom is 0.0543 e. The van der Waals surface area contributed by atoms with Gasteiger partial charge in [0.1, 0.15) is 0 Å². The van der Waals surface area contributed by atoms with Crippen molar-refractivity contribution >= 4 is 0 Å². The Labute approximate surface area is 175 Å². The van der Waals surface area contributed by atoms with Crippen molar-refractivity contribution in [2.24, 2.45) is 52.3 Å². The van der Waals surface area contributed by atoms with Crippen LogP contribution in [0.3, 0.4) is 0 Å². The Bertz CT molecular complexity index is 540. The van der Waals surface area contributed by atoms with E-state index in [0.29, 0.717) is 10.8 Å². The van der Waals surface area contributed by atoms with Gasteiger partial charge in [0, 0.05) is 0 Å². The van der Waals surface area contributed by atoms with Crippen molar-refractivity contribution in [1.29, 1.82) is 0 Å². The molecule has 0 aromatic rings. The third-order valence-corrected chi connectivity index (χ3v) is 10.8. The number of hydrogen-bond acceptors (Lipinski definition) is 1. The fraction of sp³-hybridized carbons (Fsp3) is 1.00. The van der Waals surface area contributed by atoms with Gasteiger partial charge in [-0.25, -0.2) is 0 Å². The summed E-state index contributed by atoms with van der Waals surface area (Å²) in [6.45, 7) is 12.7. The fourth-order valence-electron chi connectivity index (χ4n) is 9.26. The second-order valence-electron chi connectivity index (χ2n) is 12.6. The van der Waals surface area contributed by atoms with Gasteiger partial charge in [-0.15, -0.1) is 0 Å². The summed E-state index contributed by atoms with van der Waals surface area (Å²) in [5, 5.41) is 10.3. The monoisotopic (exact) mass is 388 g/mol. The van der Waals surface area contributed by atoms with Crippen LogP contribution in [0.25, 0.3) is 0 Å². The highest BCUT2D eigenvalue weighted by Crippen LogP contribution is 2.68. The summed E-state index contributed by atoms with van der Waals surface area (Å²) in [5.41, 5.74) is 1.15. The van der Waals surface area contributed by atoms with E-state index in [2.05, 4.69) is 34.6 Å². The number of aliphatic hydroxyl groups is 1. The lowest BCUT2D eigenvalue weighted by Gasteiger charge is -2.61. The minimum absolute atomic E-state index is 0.00830. The predicted molar refractivity (Wildman–Crippen MR) is 119 cm³/mol. The molecule has 4 fully saturated rings. The van der Waals surface area contributed by atoms with E-state index in [4.69, 9.17) is 0 Å². The van der Waals surface area contributed by atoms with Gasteiger partial charge >= 0.3 is 0 Å². The molecule has 1 nitrogen and oxygen atoms in total. The first-order valence-electron chi connectivity index (χ1n) is 12.9. The highest BCUT2D eigenvalue weighted by molar-refractivity contribution is 5.09. The lowest BCUT2D eigenvalue weighted by Crippen LogP contribution is -2.54. The van der Waals surface area contributed by atoms with Crippen LogP contribution in [0, 0.1) is 52.3 Å². The number of aliphatic hydroxyl groups excluding tert-OH is 1. The summed E-state index contributed by atoms with van der Waals surface area (Å²) >= 11 is 0. The van der Waals surface area contributed by atoms with E-state index in [1.165, 1.54) is 64.2 Å². The first-order valence-corrected chi connectivity index (χ1v) is 12.9. The molecule has 28 heavy (non-hydrogen) atoms. The van der Waals surface area contributed by atoms with Gasteiger partial charge in [0.2, 0.25) is 0 Å². The number of hydrogen-bond donors (Lipinski definition) is 1. The summed E-state index contributed by atoms with van der Waals surface area (Å²) in [7, 11) is 0. The van der Waals surface area contributed by atoms with Gasteiger partial charge in [-0.3, -0.25) is 0 Å². The van der Waals surface area contributed by atoms with E-state index in [9.17, 15) is 5.11 Å². The lowest BCUT2D eigenvalue weighted by molar-refractivity contribution is -0.129. The summed E-state index contributed by atoms with van der Waals surface area (Å²) in [5.74, 6) is 6.49.